The van der Waals surface area contributed by atoms with Gasteiger partial charge >= 0.3 is 0 Å². The highest BCUT2D eigenvalue weighted by molar-refractivity contribution is 5.31. The van der Waals surface area contributed by atoms with E-state index < -0.39 is 5.79 Å². The first-order chi connectivity index (χ1) is 7.76. The first-order valence-corrected chi connectivity index (χ1v) is 5.46. The van der Waals surface area contributed by atoms with Gasteiger partial charge in [0, 0.05) is 19.1 Å². The van der Waals surface area contributed by atoms with Crippen LogP contribution in [0, 0.1) is 0 Å². The topological polar surface area (TPSA) is 38.7 Å². The van der Waals surface area contributed by atoms with Crippen LogP contribution in [0.15, 0.2) is 36.8 Å². The summed E-state index contributed by atoms with van der Waals surface area (Å²) in [7, 11) is 0. The quantitative estimate of drug-likeness (QED) is 0.846. The van der Waals surface area contributed by atoms with Crippen molar-refractivity contribution in [2.75, 3.05) is 6.61 Å². The van der Waals surface area contributed by atoms with E-state index in [0.717, 1.165) is 24.0 Å². The van der Waals surface area contributed by atoms with Crippen molar-refractivity contribution >= 4 is 0 Å². The summed E-state index contributed by atoms with van der Waals surface area (Å²) in [6.45, 7) is 2.09. The normalized spacial score (nSPS) is 16.9. The fourth-order valence-electron chi connectivity index (χ4n) is 1.92. The number of rotatable bonds is 4. The molecule has 0 spiro atoms. The highest BCUT2D eigenvalue weighted by Gasteiger charge is 2.33. The fourth-order valence-corrected chi connectivity index (χ4v) is 1.92. The van der Waals surface area contributed by atoms with Crippen LogP contribution < -0.4 is 0 Å². The Morgan fingerprint density at radius 2 is 1.88 bits per heavy atom. The minimum Gasteiger partial charge on any atom is -0.453 e. The third-order valence-corrected chi connectivity index (χ3v) is 2.75. The smallest absolute Gasteiger partial charge is 0.274 e. The summed E-state index contributed by atoms with van der Waals surface area (Å²) in [5.74, 6) is -0.716. The molecule has 1 N–H and O–H groups in total. The third kappa shape index (κ3) is 2.04. The molecule has 0 unspecified atom stereocenters. The Balaban J connectivity index is 2.25. The molecule has 0 bridgehead atoms. The molecule has 1 aromatic carbocycles. The van der Waals surface area contributed by atoms with Gasteiger partial charge in [-0.3, -0.25) is 0 Å². The summed E-state index contributed by atoms with van der Waals surface area (Å²) in [6, 6.07) is 8.00. The minimum atomic E-state index is -0.716. The van der Waals surface area contributed by atoms with E-state index in [1.54, 1.807) is 12.5 Å². The van der Waals surface area contributed by atoms with Crippen molar-refractivity contribution in [2.24, 2.45) is 0 Å². The Kier molecular flexibility index (Phi) is 3.15. The van der Waals surface area contributed by atoms with Gasteiger partial charge < -0.3 is 14.6 Å². The lowest BCUT2D eigenvalue weighted by Gasteiger charge is -2.25. The van der Waals surface area contributed by atoms with Gasteiger partial charge in [0.2, 0.25) is 0 Å². The van der Waals surface area contributed by atoms with Gasteiger partial charge in [-0.25, -0.2) is 0 Å². The van der Waals surface area contributed by atoms with Gasteiger partial charge in [0.1, 0.15) is 12.5 Å². The maximum absolute atomic E-state index is 8.87. The summed E-state index contributed by atoms with van der Waals surface area (Å²) in [5.41, 5.74) is 2.18. The maximum Gasteiger partial charge on any atom is 0.274 e. The molecular weight excluding hydrogens is 204 g/mol. The molecule has 86 valence electrons. The predicted octanol–water partition coefficient (Wildman–Crippen LogP) is 2.30. The molecule has 0 saturated carbocycles. The Bertz CT molecular complexity index is 377. The average molecular weight is 220 g/mol. The number of hydrogen-bond donors (Lipinski definition) is 1. The Hall–Kier alpha value is -1.48. The molecule has 0 saturated heterocycles. The fraction of sp³-hybridized carbons (Fsp3) is 0.385. The lowest BCUT2D eigenvalue weighted by molar-refractivity contribution is -0.133. The molecule has 1 aliphatic rings. The molecule has 0 aliphatic carbocycles. The van der Waals surface area contributed by atoms with Crippen molar-refractivity contribution in [3.8, 4) is 0 Å². The van der Waals surface area contributed by atoms with Crippen molar-refractivity contribution in [1.29, 1.82) is 0 Å². The largest absolute Gasteiger partial charge is 0.453 e. The zero-order valence-electron chi connectivity index (χ0n) is 9.35. The van der Waals surface area contributed by atoms with Crippen molar-refractivity contribution in [1.82, 2.24) is 0 Å². The van der Waals surface area contributed by atoms with Crippen molar-refractivity contribution in [3.63, 3.8) is 0 Å². The second-order valence-corrected chi connectivity index (χ2v) is 3.94. The van der Waals surface area contributed by atoms with E-state index in [2.05, 4.69) is 0 Å². The molecule has 0 radical (unpaired) electrons. The maximum atomic E-state index is 8.87. The molecule has 1 heterocycles. The number of aliphatic hydroxyl groups excluding tert-OH is 1. The molecule has 3 nitrogen and oxygen atoms in total. The van der Waals surface area contributed by atoms with Gasteiger partial charge in [0.25, 0.3) is 5.79 Å². The van der Waals surface area contributed by atoms with Crippen LogP contribution in [-0.4, -0.2) is 11.7 Å². The van der Waals surface area contributed by atoms with Crippen LogP contribution in [0.3, 0.4) is 0 Å². The molecular formula is C13H16O3. The number of benzene rings is 1. The molecule has 2 rings (SSSR count). The van der Waals surface area contributed by atoms with Crippen LogP contribution in [0.5, 0.6) is 0 Å². The lowest BCUT2D eigenvalue weighted by atomic mass is 9.97. The van der Waals surface area contributed by atoms with E-state index in [4.69, 9.17) is 14.6 Å². The molecule has 1 aromatic rings. The van der Waals surface area contributed by atoms with Gasteiger partial charge in [-0.2, -0.15) is 0 Å². The van der Waals surface area contributed by atoms with E-state index in [9.17, 15) is 0 Å². The highest BCUT2D eigenvalue weighted by atomic mass is 16.7. The Labute approximate surface area is 95.3 Å². The second kappa shape index (κ2) is 4.58. The van der Waals surface area contributed by atoms with E-state index in [1.165, 1.54) is 0 Å². The molecule has 0 atom stereocenters. The molecule has 0 fully saturated rings. The van der Waals surface area contributed by atoms with Gasteiger partial charge in [-0.15, -0.1) is 0 Å². The number of hydrogen-bond acceptors (Lipinski definition) is 3. The van der Waals surface area contributed by atoms with Crippen molar-refractivity contribution in [3.05, 3.63) is 47.9 Å². The standard InChI is InChI=1S/C13H16O3/c1-13(15-9-10-16-13)12-7-3-2-5-11(12)6-4-8-14/h2-3,5,7,9-10,14H,4,6,8H2,1H3. The highest BCUT2D eigenvalue weighted by Crippen LogP contribution is 2.33. The summed E-state index contributed by atoms with van der Waals surface area (Å²) in [6.07, 6.45) is 4.70. The van der Waals surface area contributed by atoms with Crippen molar-refractivity contribution in [2.45, 2.75) is 25.6 Å². The zero-order valence-corrected chi connectivity index (χ0v) is 9.35. The zero-order chi connectivity index (χ0) is 11.4. The molecule has 0 amide bonds. The third-order valence-electron chi connectivity index (χ3n) is 2.75. The van der Waals surface area contributed by atoms with Crippen LogP contribution in [0.4, 0.5) is 0 Å². The van der Waals surface area contributed by atoms with E-state index in [-0.39, 0.29) is 6.61 Å². The van der Waals surface area contributed by atoms with Gasteiger partial charge in [0.05, 0.1) is 0 Å². The van der Waals surface area contributed by atoms with E-state index in [0.29, 0.717) is 0 Å². The lowest BCUT2D eigenvalue weighted by Crippen LogP contribution is -2.24. The SMILES string of the molecule is CC1(c2ccccc2CCCO)OC=CO1. The van der Waals surface area contributed by atoms with E-state index in [1.807, 2.05) is 31.2 Å². The number of ether oxygens (including phenoxy) is 2. The van der Waals surface area contributed by atoms with Crippen LogP contribution in [-0.2, 0) is 21.7 Å². The molecule has 3 heteroatoms. The summed E-state index contributed by atoms with van der Waals surface area (Å²) in [4.78, 5) is 0. The summed E-state index contributed by atoms with van der Waals surface area (Å²) < 4.78 is 11.0. The van der Waals surface area contributed by atoms with Crippen LogP contribution >= 0.6 is 0 Å². The molecule has 16 heavy (non-hydrogen) atoms. The molecule has 0 aromatic heterocycles. The summed E-state index contributed by atoms with van der Waals surface area (Å²) >= 11 is 0. The number of aryl methyl sites for hydroxylation is 1. The first kappa shape index (κ1) is 11.0. The Morgan fingerprint density at radius 3 is 2.56 bits per heavy atom. The molecule has 1 aliphatic heterocycles. The van der Waals surface area contributed by atoms with Crippen LogP contribution in [0.1, 0.15) is 24.5 Å². The van der Waals surface area contributed by atoms with E-state index >= 15 is 0 Å². The monoisotopic (exact) mass is 220 g/mol. The van der Waals surface area contributed by atoms with Gasteiger partial charge in [-0.1, -0.05) is 24.3 Å². The number of aliphatic hydroxyl groups is 1. The summed E-state index contributed by atoms with van der Waals surface area (Å²) in [5, 5.41) is 8.87. The van der Waals surface area contributed by atoms with Crippen molar-refractivity contribution < 1.29 is 14.6 Å². The average Bonchev–Trinajstić information content (AvgIpc) is 2.75. The minimum absolute atomic E-state index is 0.199. The predicted molar refractivity (Wildman–Crippen MR) is 60.5 cm³/mol. The van der Waals surface area contributed by atoms with Crippen LogP contribution in [0.2, 0.25) is 0 Å². The van der Waals surface area contributed by atoms with Crippen LogP contribution in [0.25, 0.3) is 0 Å². The van der Waals surface area contributed by atoms with Gasteiger partial charge in [-0.05, 0) is 18.4 Å². The Morgan fingerprint density at radius 1 is 1.19 bits per heavy atom. The first-order valence-electron chi connectivity index (χ1n) is 5.46. The second-order valence-electron chi connectivity index (χ2n) is 3.94. The van der Waals surface area contributed by atoms with Gasteiger partial charge in [0.15, 0.2) is 0 Å².